The molecular weight excluding hydrogens is 238 g/mol. The minimum atomic E-state index is 0.998. The largest absolute Gasteiger partial charge is 0.273 e. The van der Waals surface area contributed by atoms with Crippen LogP contribution >= 0.6 is 12.8 Å². The van der Waals surface area contributed by atoms with Crippen LogP contribution in [0.5, 0.6) is 0 Å². The van der Waals surface area contributed by atoms with Crippen LogP contribution in [-0.4, -0.2) is 0 Å². The molecule has 0 saturated heterocycles. The molecule has 0 amide bonds. The van der Waals surface area contributed by atoms with E-state index in [2.05, 4.69) is 50.2 Å². The van der Waals surface area contributed by atoms with Gasteiger partial charge in [-0.05, 0) is 36.1 Å². The van der Waals surface area contributed by atoms with Crippen molar-refractivity contribution in [2.24, 2.45) is 0 Å². The van der Waals surface area contributed by atoms with Gasteiger partial charge in [0.05, 0.1) is 24.2 Å². The van der Waals surface area contributed by atoms with E-state index < -0.39 is 0 Å². The predicted octanol–water partition coefficient (Wildman–Crippen LogP) is 5.06. The fraction of sp³-hybridized carbons (Fsp3) is 0.250. The number of rotatable bonds is 4. The minimum Gasteiger partial charge on any atom is -0.273 e. The van der Waals surface area contributed by atoms with Crippen molar-refractivity contribution >= 4 is 24.2 Å². The molecule has 0 N–H and O–H groups in total. The third-order valence-corrected chi connectivity index (χ3v) is 3.58. The van der Waals surface area contributed by atoms with Gasteiger partial charge in [-0.15, -0.1) is 0 Å². The summed E-state index contributed by atoms with van der Waals surface area (Å²) in [5, 5.41) is 0. The fourth-order valence-electron chi connectivity index (χ4n) is 2.15. The van der Waals surface area contributed by atoms with Crippen LogP contribution in [0, 0.1) is 0 Å². The zero-order chi connectivity index (χ0) is 13.0. The number of para-hydroxylation sites is 2. The van der Waals surface area contributed by atoms with Crippen LogP contribution in [0.1, 0.15) is 25.0 Å². The summed E-state index contributed by atoms with van der Waals surface area (Å²) in [6, 6.07) is 16.7. The smallest absolute Gasteiger partial charge is 0.0565 e. The van der Waals surface area contributed by atoms with Gasteiger partial charge in [-0.3, -0.25) is 4.31 Å². The summed E-state index contributed by atoms with van der Waals surface area (Å²) in [5.74, 6) is 0. The standard InChI is InChI=1S/C16H18NS/c1-3-13-9-5-7-11-15(13)17(18)16-12-8-6-10-14(16)4-2/h5-12H,3-4H2,1-2H3. The van der Waals surface area contributed by atoms with E-state index in [0.717, 1.165) is 24.2 Å². The van der Waals surface area contributed by atoms with Crippen molar-refractivity contribution < 1.29 is 0 Å². The molecule has 2 rings (SSSR count). The minimum absolute atomic E-state index is 0.998. The molecule has 2 heteroatoms. The van der Waals surface area contributed by atoms with Crippen LogP contribution in [0.4, 0.5) is 11.4 Å². The van der Waals surface area contributed by atoms with Gasteiger partial charge in [0.15, 0.2) is 0 Å². The van der Waals surface area contributed by atoms with Crippen molar-refractivity contribution in [2.45, 2.75) is 26.7 Å². The highest BCUT2D eigenvalue weighted by Gasteiger charge is 2.12. The Bertz CT molecular complexity index is 475. The highest BCUT2D eigenvalue weighted by Crippen LogP contribution is 2.33. The number of benzene rings is 2. The van der Waals surface area contributed by atoms with Crippen LogP contribution in [0.3, 0.4) is 0 Å². The highest BCUT2D eigenvalue weighted by molar-refractivity contribution is 7.82. The van der Waals surface area contributed by atoms with E-state index in [1.165, 1.54) is 11.1 Å². The van der Waals surface area contributed by atoms with Gasteiger partial charge in [0.2, 0.25) is 0 Å². The second-order valence-corrected chi connectivity index (χ2v) is 4.62. The molecule has 1 nitrogen and oxygen atoms in total. The second-order valence-electron chi connectivity index (χ2n) is 4.26. The van der Waals surface area contributed by atoms with E-state index in [0.29, 0.717) is 0 Å². The van der Waals surface area contributed by atoms with Crippen LogP contribution in [0.2, 0.25) is 0 Å². The lowest BCUT2D eigenvalue weighted by Crippen LogP contribution is -2.07. The zero-order valence-corrected chi connectivity index (χ0v) is 11.7. The number of hydrogen-bond donors (Lipinski definition) is 0. The molecule has 0 saturated carbocycles. The summed E-state index contributed by atoms with van der Waals surface area (Å²) in [6.45, 7) is 4.32. The van der Waals surface area contributed by atoms with Crippen molar-refractivity contribution in [1.82, 2.24) is 0 Å². The van der Waals surface area contributed by atoms with Gasteiger partial charge in [0.25, 0.3) is 0 Å². The summed E-state index contributed by atoms with van der Waals surface area (Å²) < 4.78 is 1.89. The van der Waals surface area contributed by atoms with E-state index in [4.69, 9.17) is 12.8 Å². The Hall–Kier alpha value is -1.41. The topological polar surface area (TPSA) is 3.24 Å². The van der Waals surface area contributed by atoms with E-state index in [1.807, 2.05) is 16.4 Å². The van der Waals surface area contributed by atoms with E-state index in [-0.39, 0.29) is 0 Å². The summed E-state index contributed by atoms with van der Waals surface area (Å²) in [4.78, 5) is 0. The first kappa shape index (κ1) is 13.0. The van der Waals surface area contributed by atoms with Gasteiger partial charge < -0.3 is 0 Å². The van der Waals surface area contributed by atoms with E-state index in [9.17, 15) is 0 Å². The van der Waals surface area contributed by atoms with E-state index >= 15 is 0 Å². The van der Waals surface area contributed by atoms with Crippen LogP contribution in [-0.2, 0) is 12.8 Å². The molecule has 18 heavy (non-hydrogen) atoms. The van der Waals surface area contributed by atoms with Gasteiger partial charge in [-0.2, -0.15) is 0 Å². The Labute approximate surface area is 115 Å². The Morgan fingerprint density at radius 3 is 1.56 bits per heavy atom. The zero-order valence-electron chi connectivity index (χ0n) is 10.9. The predicted molar refractivity (Wildman–Crippen MR) is 81.4 cm³/mol. The Kier molecular flexibility index (Phi) is 4.32. The molecule has 93 valence electrons. The lowest BCUT2D eigenvalue weighted by Gasteiger charge is -2.22. The summed E-state index contributed by atoms with van der Waals surface area (Å²) >= 11 is 5.61. The lowest BCUT2D eigenvalue weighted by molar-refractivity contribution is 1.11. The van der Waals surface area contributed by atoms with Crippen molar-refractivity contribution in [1.29, 1.82) is 0 Å². The molecular formula is C16H18NS. The highest BCUT2D eigenvalue weighted by atomic mass is 32.1. The summed E-state index contributed by atoms with van der Waals surface area (Å²) in [7, 11) is 0. The average Bonchev–Trinajstić information content (AvgIpc) is 2.46. The van der Waals surface area contributed by atoms with Crippen LogP contribution in [0.15, 0.2) is 48.5 Å². The quantitative estimate of drug-likeness (QED) is 0.739. The maximum atomic E-state index is 5.61. The molecule has 2 aromatic carbocycles. The van der Waals surface area contributed by atoms with Crippen LogP contribution in [0.25, 0.3) is 0 Å². The van der Waals surface area contributed by atoms with Gasteiger partial charge >= 0.3 is 0 Å². The SMILES string of the molecule is CCc1ccccc1N([S])c1ccccc1CC. The first-order valence-corrected chi connectivity index (χ1v) is 6.77. The maximum absolute atomic E-state index is 5.61. The first-order valence-electron chi connectivity index (χ1n) is 6.41. The Morgan fingerprint density at radius 1 is 0.778 bits per heavy atom. The third kappa shape index (κ3) is 2.54. The molecule has 0 aliphatic rings. The molecule has 1 radical (unpaired) electrons. The first-order chi connectivity index (χ1) is 8.77. The third-order valence-electron chi connectivity index (χ3n) is 3.18. The maximum Gasteiger partial charge on any atom is 0.0565 e. The molecule has 0 aliphatic heterocycles. The van der Waals surface area contributed by atoms with Gasteiger partial charge in [0, 0.05) is 0 Å². The molecule has 0 unspecified atom stereocenters. The molecule has 0 aromatic heterocycles. The number of hydrogen-bond acceptors (Lipinski definition) is 1. The van der Waals surface area contributed by atoms with Gasteiger partial charge in [-0.1, -0.05) is 50.2 Å². The Balaban J connectivity index is 2.44. The molecule has 0 atom stereocenters. The monoisotopic (exact) mass is 256 g/mol. The van der Waals surface area contributed by atoms with Crippen LogP contribution < -0.4 is 4.31 Å². The van der Waals surface area contributed by atoms with Crippen molar-refractivity contribution in [3.05, 3.63) is 59.7 Å². The number of anilines is 2. The number of nitrogens with zero attached hydrogens (tertiary/aromatic N) is 1. The summed E-state index contributed by atoms with van der Waals surface area (Å²) in [6.07, 6.45) is 2.00. The number of aryl methyl sites for hydroxylation is 2. The molecule has 0 fully saturated rings. The summed E-state index contributed by atoms with van der Waals surface area (Å²) in [5.41, 5.74) is 4.82. The van der Waals surface area contributed by atoms with Crippen molar-refractivity contribution in [3.8, 4) is 0 Å². The Morgan fingerprint density at radius 2 is 1.17 bits per heavy atom. The molecule has 0 bridgehead atoms. The van der Waals surface area contributed by atoms with Gasteiger partial charge in [-0.25, -0.2) is 0 Å². The van der Waals surface area contributed by atoms with Crippen molar-refractivity contribution in [3.63, 3.8) is 0 Å². The molecule has 0 aliphatic carbocycles. The normalized spacial score (nSPS) is 10.4. The van der Waals surface area contributed by atoms with Crippen molar-refractivity contribution in [2.75, 3.05) is 4.31 Å². The lowest BCUT2D eigenvalue weighted by atomic mass is 10.1. The van der Waals surface area contributed by atoms with E-state index in [1.54, 1.807) is 0 Å². The van der Waals surface area contributed by atoms with Gasteiger partial charge in [0.1, 0.15) is 0 Å². The molecule has 0 spiro atoms. The molecule has 2 aromatic rings. The molecule has 0 heterocycles. The average molecular weight is 256 g/mol. The second kappa shape index (κ2) is 5.96. The fourth-order valence-corrected chi connectivity index (χ4v) is 2.50.